The molecule has 1 aromatic rings. The van der Waals surface area contributed by atoms with E-state index >= 15 is 0 Å². The molecule has 0 unspecified atom stereocenters. The van der Waals surface area contributed by atoms with Crippen LogP contribution in [-0.2, 0) is 0 Å². The van der Waals surface area contributed by atoms with Gasteiger partial charge < -0.3 is 16.0 Å². The summed E-state index contributed by atoms with van der Waals surface area (Å²) in [5.74, 6) is 0.515. The lowest BCUT2D eigenvalue weighted by Crippen LogP contribution is -2.16. The van der Waals surface area contributed by atoms with Crippen molar-refractivity contribution in [3.63, 3.8) is 0 Å². The van der Waals surface area contributed by atoms with E-state index < -0.39 is 0 Å². The first-order chi connectivity index (χ1) is 7.31. The highest BCUT2D eigenvalue weighted by Gasteiger charge is 2.27. The highest BCUT2D eigenvalue weighted by molar-refractivity contribution is 5.48. The minimum absolute atomic E-state index is 0.263. The van der Waals surface area contributed by atoms with E-state index in [-0.39, 0.29) is 5.69 Å². The molecular formula is C10H16N4O. The zero-order valence-electron chi connectivity index (χ0n) is 8.62. The van der Waals surface area contributed by atoms with E-state index in [1.807, 2.05) is 0 Å². The molecule has 0 radical (unpaired) electrons. The van der Waals surface area contributed by atoms with E-state index in [0.29, 0.717) is 12.5 Å². The van der Waals surface area contributed by atoms with Crippen molar-refractivity contribution in [3.8, 4) is 0 Å². The summed E-state index contributed by atoms with van der Waals surface area (Å²) in [6.45, 7) is 1.49. The molecule has 0 atom stereocenters. The topological polar surface area (TPSA) is 83.8 Å². The smallest absolute Gasteiger partial charge is 0.345 e. The van der Waals surface area contributed by atoms with Gasteiger partial charge in [-0.25, -0.2) is 4.79 Å². The Morgan fingerprint density at radius 3 is 3.07 bits per heavy atom. The number of hydrogen-bond acceptors (Lipinski definition) is 4. The first-order valence-electron chi connectivity index (χ1n) is 5.34. The second-order valence-electron chi connectivity index (χ2n) is 3.86. The summed E-state index contributed by atoms with van der Waals surface area (Å²) in [5, 5.41) is 3.25. The Kier molecular flexibility index (Phi) is 3.01. The summed E-state index contributed by atoms with van der Waals surface area (Å²) < 4.78 is 0. The first kappa shape index (κ1) is 10.2. The van der Waals surface area contributed by atoms with Gasteiger partial charge in [-0.2, -0.15) is 4.98 Å². The Hall–Kier alpha value is -1.36. The fourth-order valence-electron chi connectivity index (χ4n) is 1.57. The van der Waals surface area contributed by atoms with Crippen molar-refractivity contribution >= 4 is 5.69 Å². The Labute approximate surface area is 88.1 Å². The maximum absolute atomic E-state index is 11.1. The van der Waals surface area contributed by atoms with Crippen LogP contribution in [-0.4, -0.2) is 23.1 Å². The van der Waals surface area contributed by atoms with Crippen LogP contribution in [0.25, 0.3) is 0 Å². The molecule has 0 amide bonds. The third-order valence-electron chi connectivity index (χ3n) is 2.52. The van der Waals surface area contributed by atoms with Gasteiger partial charge in [0.25, 0.3) is 0 Å². The summed E-state index contributed by atoms with van der Waals surface area (Å²) in [6.07, 6.45) is 4.85. The Morgan fingerprint density at radius 2 is 2.40 bits per heavy atom. The molecule has 2 rings (SSSR count). The quantitative estimate of drug-likeness (QED) is 0.612. The van der Waals surface area contributed by atoms with Crippen molar-refractivity contribution in [1.29, 1.82) is 0 Å². The van der Waals surface area contributed by atoms with E-state index in [0.717, 1.165) is 37.2 Å². The number of nitrogens with zero attached hydrogens (tertiary/aromatic N) is 1. The fourth-order valence-corrected chi connectivity index (χ4v) is 1.57. The molecular weight excluding hydrogens is 192 g/mol. The van der Waals surface area contributed by atoms with Crippen LogP contribution in [0.5, 0.6) is 0 Å². The normalized spacial score (nSPS) is 15.3. The fraction of sp³-hybridized carbons (Fsp3) is 0.600. The van der Waals surface area contributed by atoms with Crippen LogP contribution in [0.1, 0.15) is 30.9 Å². The minimum atomic E-state index is -0.263. The van der Waals surface area contributed by atoms with Gasteiger partial charge in [0.05, 0.1) is 11.9 Å². The van der Waals surface area contributed by atoms with Gasteiger partial charge in [-0.15, -0.1) is 0 Å². The summed E-state index contributed by atoms with van der Waals surface area (Å²) in [4.78, 5) is 17.6. The molecule has 1 heterocycles. The standard InChI is InChI=1S/C10H16N4O/c11-4-1-5-12-8-6-13-10(15)14-9(8)7-2-3-7/h6-7,12H,1-5,11H2,(H,13,14,15). The molecule has 5 nitrogen and oxygen atoms in total. The number of aromatic nitrogens is 2. The molecule has 0 aromatic carbocycles. The van der Waals surface area contributed by atoms with E-state index in [4.69, 9.17) is 5.73 Å². The van der Waals surface area contributed by atoms with Gasteiger partial charge in [0.1, 0.15) is 0 Å². The highest BCUT2D eigenvalue weighted by Crippen LogP contribution is 2.41. The maximum atomic E-state index is 11.1. The number of hydrogen-bond donors (Lipinski definition) is 3. The Morgan fingerprint density at radius 1 is 1.60 bits per heavy atom. The van der Waals surface area contributed by atoms with Crippen molar-refractivity contribution in [2.75, 3.05) is 18.4 Å². The predicted octanol–water partition coefficient (Wildman–Crippen LogP) is 0.408. The Balaban J connectivity index is 2.10. The lowest BCUT2D eigenvalue weighted by molar-refractivity contribution is 0.862. The van der Waals surface area contributed by atoms with Crippen molar-refractivity contribution in [2.24, 2.45) is 5.73 Å². The van der Waals surface area contributed by atoms with Gasteiger partial charge in [0.2, 0.25) is 0 Å². The summed E-state index contributed by atoms with van der Waals surface area (Å²) in [6, 6.07) is 0. The number of H-pyrrole nitrogens is 1. The number of anilines is 1. The van der Waals surface area contributed by atoms with E-state index in [1.54, 1.807) is 6.20 Å². The van der Waals surface area contributed by atoms with Crippen LogP contribution in [0, 0.1) is 0 Å². The molecule has 0 aliphatic heterocycles. The summed E-state index contributed by atoms with van der Waals surface area (Å²) in [5.41, 5.74) is 7.11. The van der Waals surface area contributed by atoms with Crippen molar-refractivity contribution in [3.05, 3.63) is 22.4 Å². The second-order valence-corrected chi connectivity index (χ2v) is 3.86. The lowest BCUT2D eigenvalue weighted by atomic mass is 10.2. The van der Waals surface area contributed by atoms with E-state index in [2.05, 4.69) is 15.3 Å². The third-order valence-corrected chi connectivity index (χ3v) is 2.52. The van der Waals surface area contributed by atoms with Gasteiger partial charge in [-0.3, -0.25) is 0 Å². The highest BCUT2D eigenvalue weighted by atomic mass is 16.1. The molecule has 0 bridgehead atoms. The van der Waals surface area contributed by atoms with Gasteiger partial charge in [0.15, 0.2) is 0 Å². The third kappa shape index (κ3) is 2.56. The molecule has 0 saturated heterocycles. The SMILES string of the molecule is NCCCNc1cnc(=O)[nH]c1C1CC1. The Bertz CT molecular complexity index is 383. The van der Waals surface area contributed by atoms with E-state index in [1.165, 1.54) is 0 Å². The molecule has 5 heteroatoms. The summed E-state index contributed by atoms with van der Waals surface area (Å²) >= 11 is 0. The minimum Gasteiger partial charge on any atom is -0.382 e. The lowest BCUT2D eigenvalue weighted by Gasteiger charge is -2.09. The van der Waals surface area contributed by atoms with Gasteiger partial charge in [-0.1, -0.05) is 0 Å². The zero-order valence-corrected chi connectivity index (χ0v) is 8.62. The van der Waals surface area contributed by atoms with Crippen LogP contribution in [0.15, 0.2) is 11.0 Å². The van der Waals surface area contributed by atoms with Crippen molar-refractivity contribution < 1.29 is 0 Å². The van der Waals surface area contributed by atoms with Gasteiger partial charge >= 0.3 is 5.69 Å². The number of rotatable bonds is 5. The van der Waals surface area contributed by atoms with Gasteiger partial charge in [0, 0.05) is 18.2 Å². The number of nitrogens with one attached hydrogen (secondary N) is 2. The van der Waals surface area contributed by atoms with Crippen molar-refractivity contribution in [1.82, 2.24) is 9.97 Å². The van der Waals surface area contributed by atoms with Crippen LogP contribution in [0.3, 0.4) is 0 Å². The second kappa shape index (κ2) is 4.44. The van der Waals surface area contributed by atoms with Crippen LogP contribution >= 0.6 is 0 Å². The predicted molar refractivity (Wildman–Crippen MR) is 59.0 cm³/mol. The average molecular weight is 208 g/mol. The zero-order chi connectivity index (χ0) is 10.7. The molecule has 1 aliphatic rings. The first-order valence-corrected chi connectivity index (χ1v) is 5.34. The van der Waals surface area contributed by atoms with E-state index in [9.17, 15) is 4.79 Å². The molecule has 15 heavy (non-hydrogen) atoms. The van der Waals surface area contributed by atoms with Crippen LogP contribution in [0.4, 0.5) is 5.69 Å². The molecule has 0 spiro atoms. The number of aromatic amines is 1. The molecule has 1 saturated carbocycles. The maximum Gasteiger partial charge on any atom is 0.345 e. The van der Waals surface area contributed by atoms with Crippen LogP contribution in [0.2, 0.25) is 0 Å². The van der Waals surface area contributed by atoms with Gasteiger partial charge in [-0.05, 0) is 25.8 Å². The van der Waals surface area contributed by atoms with Crippen molar-refractivity contribution in [2.45, 2.75) is 25.2 Å². The average Bonchev–Trinajstić information content (AvgIpc) is 3.04. The molecule has 1 fully saturated rings. The molecule has 1 aliphatic carbocycles. The molecule has 82 valence electrons. The molecule has 1 aromatic heterocycles. The number of nitrogens with two attached hydrogens (primary N) is 1. The molecule has 4 N–H and O–H groups in total. The summed E-state index contributed by atoms with van der Waals surface area (Å²) in [7, 11) is 0. The van der Waals surface area contributed by atoms with Crippen LogP contribution < -0.4 is 16.7 Å². The monoisotopic (exact) mass is 208 g/mol. The largest absolute Gasteiger partial charge is 0.382 e.